The first-order valence-electron chi connectivity index (χ1n) is 5.67. The van der Waals surface area contributed by atoms with Crippen LogP contribution >= 0.6 is 0 Å². The monoisotopic (exact) mass is 271 g/mol. The lowest BCUT2D eigenvalue weighted by Gasteiger charge is -2.08. The summed E-state index contributed by atoms with van der Waals surface area (Å²) in [6.07, 6.45) is 0.839. The molecule has 0 amide bonds. The third-order valence-corrected chi connectivity index (χ3v) is 2.35. The van der Waals surface area contributed by atoms with Crippen LogP contribution in [0, 0.1) is 0 Å². The van der Waals surface area contributed by atoms with Gasteiger partial charge in [-0.25, -0.2) is 9.97 Å². The van der Waals surface area contributed by atoms with E-state index in [2.05, 4.69) is 20.4 Å². The van der Waals surface area contributed by atoms with Gasteiger partial charge >= 0.3 is 6.18 Å². The Morgan fingerprint density at radius 2 is 2.11 bits per heavy atom. The van der Waals surface area contributed by atoms with Gasteiger partial charge in [0.25, 0.3) is 0 Å². The van der Waals surface area contributed by atoms with E-state index in [1.165, 1.54) is 0 Å². The summed E-state index contributed by atoms with van der Waals surface area (Å²) >= 11 is 0. The zero-order valence-corrected chi connectivity index (χ0v) is 9.93. The summed E-state index contributed by atoms with van der Waals surface area (Å²) in [6.45, 7) is 1.15. The SMILES string of the molecule is FC(F)(F)c1ccnc(NCCCn2cccn2)n1. The molecule has 19 heavy (non-hydrogen) atoms. The molecule has 1 N–H and O–H groups in total. The topological polar surface area (TPSA) is 55.6 Å². The molecule has 2 rings (SSSR count). The average Bonchev–Trinajstić information content (AvgIpc) is 2.87. The molecule has 0 aliphatic carbocycles. The lowest BCUT2D eigenvalue weighted by atomic mass is 10.4. The van der Waals surface area contributed by atoms with E-state index >= 15 is 0 Å². The Balaban J connectivity index is 1.83. The number of hydrogen-bond acceptors (Lipinski definition) is 4. The fraction of sp³-hybridized carbons (Fsp3) is 0.364. The van der Waals surface area contributed by atoms with Crippen molar-refractivity contribution in [3.05, 3.63) is 36.4 Å². The van der Waals surface area contributed by atoms with Crippen molar-refractivity contribution in [3.8, 4) is 0 Å². The van der Waals surface area contributed by atoms with E-state index in [0.29, 0.717) is 19.5 Å². The molecule has 0 fully saturated rings. The molecule has 5 nitrogen and oxygen atoms in total. The summed E-state index contributed by atoms with van der Waals surface area (Å²) < 4.78 is 39.0. The zero-order chi connectivity index (χ0) is 13.7. The number of nitrogens with zero attached hydrogens (tertiary/aromatic N) is 4. The van der Waals surface area contributed by atoms with Crippen LogP contribution in [0.5, 0.6) is 0 Å². The van der Waals surface area contributed by atoms with E-state index in [1.807, 2.05) is 12.3 Å². The van der Waals surface area contributed by atoms with Crippen LogP contribution in [0.15, 0.2) is 30.7 Å². The molecule has 0 radical (unpaired) electrons. The van der Waals surface area contributed by atoms with Crippen molar-refractivity contribution < 1.29 is 13.2 Å². The number of hydrogen-bond donors (Lipinski definition) is 1. The van der Waals surface area contributed by atoms with E-state index in [0.717, 1.165) is 12.3 Å². The Morgan fingerprint density at radius 1 is 1.26 bits per heavy atom. The summed E-state index contributed by atoms with van der Waals surface area (Å²) in [5, 5.41) is 6.77. The Kier molecular flexibility index (Phi) is 3.98. The van der Waals surface area contributed by atoms with Gasteiger partial charge in [-0.3, -0.25) is 4.68 Å². The molecule has 0 atom stereocenters. The van der Waals surface area contributed by atoms with Gasteiger partial charge in [-0.15, -0.1) is 0 Å². The Morgan fingerprint density at radius 3 is 2.79 bits per heavy atom. The summed E-state index contributed by atoms with van der Waals surface area (Å²) in [5.74, 6) is -0.0182. The van der Waals surface area contributed by atoms with Crippen molar-refractivity contribution in [2.75, 3.05) is 11.9 Å². The van der Waals surface area contributed by atoms with Gasteiger partial charge in [0.1, 0.15) is 5.69 Å². The molecule has 8 heteroatoms. The molecule has 0 bridgehead atoms. The van der Waals surface area contributed by atoms with Gasteiger partial charge in [0.05, 0.1) is 0 Å². The van der Waals surface area contributed by atoms with Gasteiger partial charge in [0.15, 0.2) is 0 Å². The van der Waals surface area contributed by atoms with Crippen LogP contribution in [-0.4, -0.2) is 26.3 Å². The third-order valence-electron chi connectivity index (χ3n) is 2.35. The van der Waals surface area contributed by atoms with E-state index < -0.39 is 11.9 Å². The van der Waals surface area contributed by atoms with Crippen LogP contribution in [0.1, 0.15) is 12.1 Å². The highest BCUT2D eigenvalue weighted by molar-refractivity contribution is 5.25. The predicted molar refractivity (Wildman–Crippen MR) is 62.4 cm³/mol. The summed E-state index contributed by atoms with van der Waals surface area (Å²) in [5.41, 5.74) is -0.947. The maximum Gasteiger partial charge on any atom is 0.433 e. The highest BCUT2D eigenvalue weighted by atomic mass is 19.4. The molecule has 2 aromatic heterocycles. The average molecular weight is 271 g/mol. The van der Waals surface area contributed by atoms with Gasteiger partial charge in [-0.2, -0.15) is 18.3 Å². The first-order valence-corrected chi connectivity index (χ1v) is 5.67. The largest absolute Gasteiger partial charge is 0.433 e. The third kappa shape index (κ3) is 3.94. The second-order valence-electron chi connectivity index (χ2n) is 3.81. The molecule has 0 aliphatic heterocycles. The molecule has 102 valence electrons. The molecule has 0 saturated heterocycles. The van der Waals surface area contributed by atoms with E-state index in [4.69, 9.17) is 0 Å². The zero-order valence-electron chi connectivity index (χ0n) is 9.93. The first-order chi connectivity index (χ1) is 9.05. The van der Waals surface area contributed by atoms with Crippen LogP contribution in [0.2, 0.25) is 0 Å². The van der Waals surface area contributed by atoms with Crippen LogP contribution in [0.3, 0.4) is 0 Å². The molecule has 2 heterocycles. The van der Waals surface area contributed by atoms with E-state index in [-0.39, 0.29) is 5.95 Å². The molecule has 0 saturated carbocycles. The first kappa shape index (κ1) is 13.3. The maximum atomic E-state index is 12.4. The fourth-order valence-corrected chi connectivity index (χ4v) is 1.48. The van der Waals surface area contributed by atoms with Gasteiger partial charge in [0.2, 0.25) is 5.95 Å². The summed E-state index contributed by atoms with van der Waals surface area (Å²) in [6, 6.07) is 2.65. The van der Waals surface area contributed by atoms with Crippen molar-refractivity contribution in [1.29, 1.82) is 0 Å². The van der Waals surface area contributed by atoms with E-state index in [1.54, 1.807) is 10.9 Å². The minimum absolute atomic E-state index is 0.0182. The molecular weight excluding hydrogens is 259 g/mol. The number of nitrogens with one attached hydrogen (secondary N) is 1. The Bertz CT molecular complexity index is 509. The van der Waals surface area contributed by atoms with Gasteiger partial charge in [0, 0.05) is 31.7 Å². The second-order valence-corrected chi connectivity index (χ2v) is 3.81. The fourth-order valence-electron chi connectivity index (χ4n) is 1.48. The number of rotatable bonds is 5. The highest BCUT2D eigenvalue weighted by Gasteiger charge is 2.32. The number of aromatic nitrogens is 4. The van der Waals surface area contributed by atoms with Crippen molar-refractivity contribution in [2.45, 2.75) is 19.1 Å². The van der Waals surface area contributed by atoms with Crippen molar-refractivity contribution in [3.63, 3.8) is 0 Å². The molecule has 0 aromatic carbocycles. The molecular formula is C11H12F3N5. The summed E-state index contributed by atoms with van der Waals surface area (Å²) in [4.78, 5) is 7.15. The number of aryl methyl sites for hydroxylation is 1. The maximum absolute atomic E-state index is 12.4. The van der Waals surface area contributed by atoms with Gasteiger partial charge < -0.3 is 5.32 Å². The van der Waals surface area contributed by atoms with Crippen LogP contribution in [-0.2, 0) is 12.7 Å². The van der Waals surface area contributed by atoms with Crippen molar-refractivity contribution >= 4 is 5.95 Å². The highest BCUT2D eigenvalue weighted by Crippen LogP contribution is 2.27. The molecule has 0 unspecified atom stereocenters. The van der Waals surface area contributed by atoms with E-state index in [9.17, 15) is 13.2 Å². The lowest BCUT2D eigenvalue weighted by molar-refractivity contribution is -0.141. The van der Waals surface area contributed by atoms with Crippen LogP contribution < -0.4 is 5.32 Å². The lowest BCUT2D eigenvalue weighted by Crippen LogP contribution is -2.13. The van der Waals surface area contributed by atoms with Crippen molar-refractivity contribution in [1.82, 2.24) is 19.7 Å². The van der Waals surface area contributed by atoms with Gasteiger partial charge in [-0.05, 0) is 18.6 Å². The quantitative estimate of drug-likeness (QED) is 0.847. The van der Waals surface area contributed by atoms with Gasteiger partial charge in [-0.1, -0.05) is 0 Å². The predicted octanol–water partition coefficient (Wildman–Crippen LogP) is 2.19. The smallest absolute Gasteiger partial charge is 0.354 e. The Hall–Kier alpha value is -2.12. The van der Waals surface area contributed by atoms with Crippen LogP contribution in [0.25, 0.3) is 0 Å². The Labute approximate surface area is 107 Å². The number of halogens is 3. The van der Waals surface area contributed by atoms with Crippen molar-refractivity contribution in [2.24, 2.45) is 0 Å². The molecule has 0 spiro atoms. The molecule has 2 aromatic rings. The normalized spacial score (nSPS) is 11.5. The molecule has 0 aliphatic rings. The van der Waals surface area contributed by atoms with Crippen LogP contribution in [0.4, 0.5) is 19.1 Å². The minimum atomic E-state index is -4.45. The number of anilines is 1. The minimum Gasteiger partial charge on any atom is -0.354 e. The number of alkyl halides is 3. The second kappa shape index (κ2) is 5.68. The standard InChI is InChI=1S/C11H12F3N5/c12-11(13,14)9-3-6-16-10(18-9)15-4-1-7-19-8-2-5-17-19/h2-3,5-6,8H,1,4,7H2,(H,15,16,18). The summed E-state index contributed by atoms with van der Waals surface area (Å²) in [7, 11) is 0.